The van der Waals surface area contributed by atoms with Crippen LogP contribution in [0.4, 0.5) is 16.2 Å². The normalized spacial score (nSPS) is 13.7. The van der Waals surface area contributed by atoms with E-state index in [4.69, 9.17) is 4.98 Å². The molecular weight excluding hydrogens is 422 g/mol. The second-order valence-electron chi connectivity index (χ2n) is 9.29. The second-order valence-corrected chi connectivity index (χ2v) is 9.29. The lowest BCUT2D eigenvalue weighted by Gasteiger charge is -2.39. The Morgan fingerprint density at radius 2 is 1.71 bits per heavy atom. The first-order valence-electron chi connectivity index (χ1n) is 11.8. The van der Waals surface area contributed by atoms with E-state index in [1.165, 1.54) is 22.3 Å². The Hall–Kier alpha value is -3.80. The maximum Gasteiger partial charge on any atom is 0.321 e. The average molecular weight is 454 g/mol. The number of carbonyl (C=O) groups is 1. The third kappa shape index (κ3) is 4.12. The van der Waals surface area contributed by atoms with Gasteiger partial charge in [0.25, 0.3) is 0 Å². The predicted molar refractivity (Wildman–Crippen MR) is 138 cm³/mol. The second kappa shape index (κ2) is 8.86. The minimum Gasteiger partial charge on any atom is -0.378 e. The molecule has 0 spiro atoms. The molecule has 2 N–H and O–H groups in total. The maximum atomic E-state index is 12.9. The molecule has 34 heavy (non-hydrogen) atoms. The molecule has 2 amide bonds. The molecule has 2 aromatic heterocycles. The van der Waals surface area contributed by atoms with Gasteiger partial charge in [-0.1, -0.05) is 48.5 Å². The van der Waals surface area contributed by atoms with Crippen LogP contribution in [0.1, 0.15) is 39.6 Å². The third-order valence-corrected chi connectivity index (χ3v) is 6.99. The lowest BCUT2D eigenvalue weighted by molar-refractivity contribution is 0.164. The van der Waals surface area contributed by atoms with Gasteiger partial charge in [-0.2, -0.15) is 0 Å². The zero-order valence-electron chi connectivity index (χ0n) is 20.2. The van der Waals surface area contributed by atoms with Gasteiger partial charge in [-0.25, -0.2) is 9.78 Å². The number of aryl methyl sites for hydroxylation is 4. The first-order valence-corrected chi connectivity index (χ1v) is 11.8. The molecule has 0 saturated carbocycles. The van der Waals surface area contributed by atoms with Gasteiger partial charge in [0.15, 0.2) is 5.65 Å². The molecule has 4 aromatic rings. The molecular formula is C28H31N5O. The fourth-order valence-corrected chi connectivity index (χ4v) is 4.66. The highest BCUT2D eigenvalue weighted by atomic mass is 16.2. The van der Waals surface area contributed by atoms with Gasteiger partial charge in [-0.3, -0.25) is 0 Å². The first-order chi connectivity index (χ1) is 16.4. The van der Waals surface area contributed by atoms with Crippen LogP contribution in [0.25, 0.3) is 5.65 Å². The lowest BCUT2D eigenvalue weighted by atomic mass is 9.92. The quantitative estimate of drug-likeness (QED) is 0.401. The van der Waals surface area contributed by atoms with Crippen LogP contribution >= 0.6 is 0 Å². The molecule has 0 unspecified atom stereocenters. The van der Waals surface area contributed by atoms with E-state index in [0.29, 0.717) is 12.5 Å². The molecule has 1 saturated heterocycles. The van der Waals surface area contributed by atoms with Crippen molar-refractivity contribution in [3.8, 4) is 0 Å². The van der Waals surface area contributed by atoms with Gasteiger partial charge < -0.3 is 19.9 Å². The molecule has 0 bridgehead atoms. The van der Waals surface area contributed by atoms with E-state index >= 15 is 0 Å². The van der Waals surface area contributed by atoms with Crippen molar-refractivity contribution in [2.75, 3.05) is 23.7 Å². The number of nitrogens with zero attached hydrogens (tertiary/aromatic N) is 3. The average Bonchev–Trinajstić information content (AvgIpc) is 3.07. The number of rotatable bonds is 5. The number of urea groups is 1. The van der Waals surface area contributed by atoms with Gasteiger partial charge in [-0.15, -0.1) is 0 Å². The summed E-state index contributed by atoms with van der Waals surface area (Å²) in [6.45, 7) is 10.5. The molecule has 1 aliphatic heterocycles. The van der Waals surface area contributed by atoms with Gasteiger partial charge in [0.2, 0.25) is 0 Å². The SMILES string of the molecule is Cc1cccc(C)c1CNc1cc(NC(=O)N2CC(c3ccccc3)C2)cn2c(C)c(C)nc12. The number of hydrogen-bond acceptors (Lipinski definition) is 3. The molecule has 1 fully saturated rings. The summed E-state index contributed by atoms with van der Waals surface area (Å²) in [6.07, 6.45) is 1.96. The fraction of sp³-hybridized carbons (Fsp3) is 0.286. The molecule has 174 valence electrons. The fourth-order valence-electron chi connectivity index (χ4n) is 4.66. The van der Waals surface area contributed by atoms with Gasteiger partial charge >= 0.3 is 6.03 Å². The highest BCUT2D eigenvalue weighted by Crippen LogP contribution is 2.29. The Kier molecular flexibility index (Phi) is 5.74. The Morgan fingerprint density at radius 3 is 2.41 bits per heavy atom. The topological polar surface area (TPSA) is 61.7 Å². The minimum atomic E-state index is -0.0679. The van der Waals surface area contributed by atoms with E-state index in [2.05, 4.69) is 78.3 Å². The Balaban J connectivity index is 1.35. The van der Waals surface area contributed by atoms with Crippen LogP contribution in [0.2, 0.25) is 0 Å². The number of likely N-dealkylation sites (tertiary alicyclic amines) is 1. The number of nitrogens with one attached hydrogen (secondary N) is 2. The molecule has 0 atom stereocenters. The number of aromatic nitrogens is 2. The van der Waals surface area contributed by atoms with Crippen molar-refractivity contribution >= 4 is 23.1 Å². The summed E-state index contributed by atoms with van der Waals surface area (Å²) in [7, 11) is 0. The number of amides is 2. The number of benzene rings is 2. The van der Waals surface area contributed by atoms with E-state index in [9.17, 15) is 4.79 Å². The van der Waals surface area contributed by atoms with Gasteiger partial charge in [-0.05, 0) is 56.0 Å². The standard InChI is InChI=1S/C28H31N5O/c1-18-9-8-10-19(2)25(18)14-29-26-13-24(17-33-21(4)20(3)30-27(26)33)31-28(34)32-15-23(16-32)22-11-6-5-7-12-22/h5-13,17,23,29H,14-16H2,1-4H3,(H,31,34). The summed E-state index contributed by atoms with van der Waals surface area (Å²) in [5, 5.41) is 6.68. The van der Waals surface area contributed by atoms with Crippen molar-refractivity contribution in [1.82, 2.24) is 14.3 Å². The van der Waals surface area contributed by atoms with Crippen molar-refractivity contribution in [2.24, 2.45) is 0 Å². The predicted octanol–water partition coefficient (Wildman–Crippen LogP) is 5.81. The molecule has 2 aromatic carbocycles. The van der Waals surface area contributed by atoms with Gasteiger partial charge in [0, 0.05) is 37.4 Å². The zero-order chi connectivity index (χ0) is 23.8. The van der Waals surface area contributed by atoms with Crippen LogP contribution in [0.15, 0.2) is 60.8 Å². The van der Waals surface area contributed by atoms with E-state index in [-0.39, 0.29) is 6.03 Å². The smallest absolute Gasteiger partial charge is 0.321 e. The molecule has 6 nitrogen and oxygen atoms in total. The highest BCUT2D eigenvalue weighted by Gasteiger charge is 2.31. The summed E-state index contributed by atoms with van der Waals surface area (Å²) in [4.78, 5) is 19.6. The van der Waals surface area contributed by atoms with Crippen molar-refractivity contribution in [1.29, 1.82) is 0 Å². The minimum absolute atomic E-state index is 0.0679. The number of pyridine rings is 1. The Morgan fingerprint density at radius 1 is 1.00 bits per heavy atom. The van der Waals surface area contributed by atoms with Crippen molar-refractivity contribution < 1.29 is 4.79 Å². The number of fused-ring (bicyclic) bond motifs is 1. The van der Waals surface area contributed by atoms with Gasteiger partial charge in [0.05, 0.1) is 17.1 Å². The monoisotopic (exact) mass is 453 g/mol. The third-order valence-electron chi connectivity index (χ3n) is 6.99. The molecule has 0 radical (unpaired) electrons. The van der Waals surface area contributed by atoms with Gasteiger partial charge in [0.1, 0.15) is 0 Å². The number of hydrogen-bond donors (Lipinski definition) is 2. The Labute approximate surface area is 200 Å². The van der Waals surface area contributed by atoms with E-state index in [0.717, 1.165) is 41.5 Å². The number of carbonyl (C=O) groups excluding carboxylic acids is 1. The van der Waals surface area contributed by atoms with Crippen LogP contribution in [0.5, 0.6) is 0 Å². The Bertz CT molecular complexity index is 1330. The van der Waals surface area contributed by atoms with Crippen molar-refractivity contribution in [3.63, 3.8) is 0 Å². The molecule has 5 rings (SSSR count). The lowest BCUT2D eigenvalue weighted by Crippen LogP contribution is -2.50. The number of anilines is 2. The van der Waals surface area contributed by atoms with Crippen molar-refractivity contribution in [3.05, 3.63) is 94.4 Å². The van der Waals surface area contributed by atoms with Crippen LogP contribution in [0, 0.1) is 27.7 Å². The zero-order valence-corrected chi connectivity index (χ0v) is 20.2. The largest absolute Gasteiger partial charge is 0.378 e. The summed E-state index contributed by atoms with van der Waals surface area (Å²) in [5.41, 5.74) is 9.66. The first kappa shape index (κ1) is 22.0. The van der Waals surface area contributed by atoms with E-state index in [1.807, 2.05) is 30.2 Å². The summed E-state index contributed by atoms with van der Waals surface area (Å²) in [6, 6.07) is 18.7. The summed E-state index contributed by atoms with van der Waals surface area (Å²) < 4.78 is 2.06. The molecule has 3 heterocycles. The van der Waals surface area contributed by atoms with E-state index in [1.54, 1.807) is 0 Å². The molecule has 0 aliphatic carbocycles. The molecule has 6 heteroatoms. The van der Waals surface area contributed by atoms with Crippen LogP contribution < -0.4 is 10.6 Å². The van der Waals surface area contributed by atoms with Crippen LogP contribution in [0.3, 0.4) is 0 Å². The van der Waals surface area contributed by atoms with E-state index < -0.39 is 0 Å². The van der Waals surface area contributed by atoms with Crippen molar-refractivity contribution in [2.45, 2.75) is 40.2 Å². The number of imidazole rings is 1. The highest BCUT2D eigenvalue weighted by molar-refractivity contribution is 5.91. The maximum absolute atomic E-state index is 12.9. The van der Waals surface area contributed by atoms with Crippen LogP contribution in [-0.4, -0.2) is 33.4 Å². The van der Waals surface area contributed by atoms with Crippen LogP contribution in [-0.2, 0) is 6.54 Å². The summed E-state index contributed by atoms with van der Waals surface area (Å²) >= 11 is 0. The molecule has 1 aliphatic rings. The summed E-state index contributed by atoms with van der Waals surface area (Å²) in [5.74, 6) is 0.405.